The standard InChI is InChI=1S/C21H28N/c1-6-12-19-15-10-11-16-20(19)21(2,3)22(4,5)17-18-13-8-7-9-14-18/h6-11,13-16H,1,12,17H2,2-5H3/q+1. The fourth-order valence-corrected chi connectivity index (χ4v) is 3.01. The summed E-state index contributed by atoms with van der Waals surface area (Å²) in [6, 6.07) is 19.5. The lowest BCUT2D eigenvalue weighted by atomic mass is 9.85. The number of rotatable bonds is 6. The lowest BCUT2D eigenvalue weighted by Crippen LogP contribution is -2.53. The van der Waals surface area contributed by atoms with Crippen molar-refractivity contribution in [1.29, 1.82) is 0 Å². The molecule has 0 aliphatic carbocycles. The summed E-state index contributed by atoms with van der Waals surface area (Å²) in [6.45, 7) is 9.60. The predicted molar refractivity (Wildman–Crippen MR) is 95.6 cm³/mol. The fourth-order valence-electron chi connectivity index (χ4n) is 3.01. The third-order valence-electron chi connectivity index (χ3n) is 4.97. The summed E-state index contributed by atoms with van der Waals surface area (Å²) in [5.41, 5.74) is 4.19. The van der Waals surface area contributed by atoms with Gasteiger partial charge in [-0.05, 0) is 25.8 Å². The minimum Gasteiger partial charge on any atom is -0.317 e. The van der Waals surface area contributed by atoms with Crippen molar-refractivity contribution in [2.24, 2.45) is 0 Å². The Bertz CT molecular complexity index is 623. The lowest BCUT2D eigenvalue weighted by molar-refractivity contribution is -0.958. The van der Waals surface area contributed by atoms with Crippen LogP contribution in [0.1, 0.15) is 30.5 Å². The number of nitrogens with zero attached hydrogens (tertiary/aromatic N) is 1. The predicted octanol–water partition coefficient (Wildman–Crippen LogP) is 4.93. The molecular formula is C21H28N+. The van der Waals surface area contributed by atoms with Gasteiger partial charge in [-0.3, -0.25) is 0 Å². The molecule has 0 aromatic heterocycles. The molecule has 0 spiro atoms. The van der Waals surface area contributed by atoms with Crippen LogP contribution in [0.2, 0.25) is 0 Å². The van der Waals surface area contributed by atoms with Crippen LogP contribution in [0.5, 0.6) is 0 Å². The third kappa shape index (κ3) is 3.31. The molecule has 0 saturated carbocycles. The average molecular weight is 294 g/mol. The zero-order valence-corrected chi connectivity index (χ0v) is 14.3. The van der Waals surface area contributed by atoms with Crippen molar-refractivity contribution in [3.8, 4) is 0 Å². The van der Waals surface area contributed by atoms with Crippen LogP contribution in [0.15, 0.2) is 67.3 Å². The van der Waals surface area contributed by atoms with Crippen LogP contribution < -0.4 is 0 Å². The molecular weight excluding hydrogens is 266 g/mol. The van der Waals surface area contributed by atoms with Crippen LogP contribution in [0.4, 0.5) is 0 Å². The molecule has 0 atom stereocenters. The topological polar surface area (TPSA) is 0 Å². The van der Waals surface area contributed by atoms with E-state index < -0.39 is 0 Å². The maximum absolute atomic E-state index is 3.90. The first kappa shape index (κ1) is 16.5. The summed E-state index contributed by atoms with van der Waals surface area (Å²) < 4.78 is 0.908. The van der Waals surface area contributed by atoms with Gasteiger partial charge in [0.15, 0.2) is 0 Å². The summed E-state index contributed by atoms with van der Waals surface area (Å²) in [6.07, 6.45) is 2.91. The van der Waals surface area contributed by atoms with Gasteiger partial charge in [-0.15, -0.1) is 6.58 Å². The van der Waals surface area contributed by atoms with Crippen LogP contribution >= 0.6 is 0 Å². The Balaban J connectivity index is 2.37. The second kappa shape index (κ2) is 6.50. The molecule has 2 rings (SSSR count). The first-order valence-electron chi connectivity index (χ1n) is 7.95. The first-order chi connectivity index (χ1) is 10.4. The molecule has 0 saturated heterocycles. The molecule has 0 radical (unpaired) electrons. The lowest BCUT2D eigenvalue weighted by Gasteiger charge is -2.45. The van der Waals surface area contributed by atoms with Crippen LogP contribution in [0, 0.1) is 0 Å². The summed E-state index contributed by atoms with van der Waals surface area (Å²) in [4.78, 5) is 0. The molecule has 0 N–H and O–H groups in total. The Morgan fingerprint density at radius 1 is 0.955 bits per heavy atom. The summed E-state index contributed by atoms with van der Waals surface area (Å²) in [7, 11) is 4.63. The smallest absolute Gasteiger partial charge is 0.119 e. The molecule has 116 valence electrons. The van der Waals surface area contributed by atoms with Crippen LogP contribution in [0.25, 0.3) is 0 Å². The van der Waals surface area contributed by atoms with E-state index in [-0.39, 0.29) is 5.54 Å². The van der Waals surface area contributed by atoms with E-state index in [2.05, 4.69) is 89.1 Å². The van der Waals surface area contributed by atoms with E-state index in [0.29, 0.717) is 0 Å². The van der Waals surface area contributed by atoms with Crippen LogP contribution in [-0.2, 0) is 18.5 Å². The van der Waals surface area contributed by atoms with Gasteiger partial charge >= 0.3 is 0 Å². The average Bonchev–Trinajstić information content (AvgIpc) is 2.48. The van der Waals surface area contributed by atoms with Gasteiger partial charge in [-0.25, -0.2) is 0 Å². The van der Waals surface area contributed by atoms with E-state index in [1.165, 1.54) is 16.7 Å². The Hall–Kier alpha value is -1.86. The van der Waals surface area contributed by atoms with Crippen molar-refractivity contribution >= 4 is 0 Å². The van der Waals surface area contributed by atoms with E-state index >= 15 is 0 Å². The summed E-state index contributed by atoms with van der Waals surface area (Å²) in [5, 5.41) is 0. The van der Waals surface area contributed by atoms with E-state index in [1.54, 1.807) is 0 Å². The van der Waals surface area contributed by atoms with Gasteiger partial charge in [0, 0.05) is 11.1 Å². The highest BCUT2D eigenvalue weighted by atomic mass is 15.4. The van der Waals surface area contributed by atoms with E-state index in [9.17, 15) is 0 Å². The third-order valence-corrected chi connectivity index (χ3v) is 4.97. The van der Waals surface area contributed by atoms with E-state index in [1.807, 2.05) is 6.08 Å². The van der Waals surface area contributed by atoms with Gasteiger partial charge in [-0.1, -0.05) is 60.7 Å². The van der Waals surface area contributed by atoms with Crippen molar-refractivity contribution in [3.63, 3.8) is 0 Å². The molecule has 0 fully saturated rings. The largest absolute Gasteiger partial charge is 0.317 e. The number of hydrogen-bond acceptors (Lipinski definition) is 0. The van der Waals surface area contributed by atoms with Gasteiger partial charge in [0.05, 0.1) is 14.1 Å². The molecule has 0 aliphatic rings. The molecule has 0 bridgehead atoms. The Kier molecular flexibility index (Phi) is 4.87. The molecule has 2 aromatic carbocycles. The molecule has 0 amide bonds. The second-order valence-corrected chi connectivity index (χ2v) is 7.04. The summed E-state index contributed by atoms with van der Waals surface area (Å²) in [5.74, 6) is 0. The number of allylic oxidation sites excluding steroid dienone is 1. The highest BCUT2D eigenvalue weighted by Gasteiger charge is 2.39. The zero-order chi connectivity index (χ0) is 16.2. The quantitative estimate of drug-likeness (QED) is 0.523. The molecule has 0 aliphatic heterocycles. The van der Waals surface area contributed by atoms with E-state index in [0.717, 1.165) is 17.4 Å². The van der Waals surface area contributed by atoms with Crippen molar-refractivity contribution in [2.45, 2.75) is 32.4 Å². The number of hydrogen-bond donors (Lipinski definition) is 0. The molecule has 2 aromatic rings. The molecule has 22 heavy (non-hydrogen) atoms. The number of quaternary nitrogens is 1. The highest BCUT2D eigenvalue weighted by molar-refractivity contribution is 5.33. The maximum Gasteiger partial charge on any atom is 0.119 e. The molecule has 0 heterocycles. The minimum atomic E-state index is 0.0233. The van der Waals surface area contributed by atoms with Gasteiger partial charge in [0.1, 0.15) is 12.1 Å². The highest BCUT2D eigenvalue weighted by Crippen LogP contribution is 2.35. The number of benzene rings is 2. The normalized spacial score (nSPS) is 12.2. The van der Waals surface area contributed by atoms with Crippen molar-refractivity contribution in [2.75, 3.05) is 14.1 Å². The second-order valence-electron chi connectivity index (χ2n) is 7.04. The van der Waals surface area contributed by atoms with Crippen molar-refractivity contribution < 1.29 is 4.48 Å². The van der Waals surface area contributed by atoms with Gasteiger partial charge in [-0.2, -0.15) is 0 Å². The Morgan fingerprint density at radius 2 is 1.55 bits per heavy atom. The van der Waals surface area contributed by atoms with E-state index in [4.69, 9.17) is 0 Å². The maximum atomic E-state index is 3.90. The fraction of sp³-hybridized carbons (Fsp3) is 0.333. The monoisotopic (exact) mass is 294 g/mol. The molecule has 0 unspecified atom stereocenters. The SMILES string of the molecule is C=CCc1ccccc1C(C)(C)[N+](C)(C)Cc1ccccc1. The van der Waals surface area contributed by atoms with Gasteiger partial charge in [0.25, 0.3) is 0 Å². The Labute approximate surface area is 135 Å². The van der Waals surface area contributed by atoms with Gasteiger partial charge < -0.3 is 4.48 Å². The molecule has 1 nitrogen and oxygen atoms in total. The summed E-state index contributed by atoms with van der Waals surface area (Å²) >= 11 is 0. The molecule has 1 heteroatoms. The van der Waals surface area contributed by atoms with Gasteiger partial charge in [0.2, 0.25) is 0 Å². The van der Waals surface area contributed by atoms with Crippen molar-refractivity contribution in [3.05, 3.63) is 83.9 Å². The Morgan fingerprint density at radius 3 is 2.18 bits per heavy atom. The first-order valence-corrected chi connectivity index (χ1v) is 7.95. The van der Waals surface area contributed by atoms with Crippen LogP contribution in [-0.4, -0.2) is 18.6 Å². The van der Waals surface area contributed by atoms with Crippen LogP contribution in [0.3, 0.4) is 0 Å². The minimum absolute atomic E-state index is 0.0233. The van der Waals surface area contributed by atoms with Crippen molar-refractivity contribution in [1.82, 2.24) is 0 Å². The zero-order valence-electron chi connectivity index (χ0n) is 14.3.